The molecule has 1 N–H and O–H groups in total. The van der Waals surface area contributed by atoms with Crippen LogP contribution in [0.3, 0.4) is 0 Å². The van der Waals surface area contributed by atoms with Gasteiger partial charge in [-0.1, -0.05) is 31.0 Å². The summed E-state index contributed by atoms with van der Waals surface area (Å²) < 4.78 is 99.5. The quantitative estimate of drug-likeness (QED) is 0.317. The van der Waals surface area contributed by atoms with Crippen molar-refractivity contribution in [1.82, 2.24) is 13.5 Å². The maximum atomic E-state index is 14.2. The van der Waals surface area contributed by atoms with Gasteiger partial charge in [-0.05, 0) is 76.9 Å². The second-order valence-corrected chi connectivity index (χ2v) is 15.8. The second kappa shape index (κ2) is 15.0. The maximum Gasteiger partial charge on any atom is 0.416 e. The zero-order valence-corrected chi connectivity index (χ0v) is 28.1. The van der Waals surface area contributed by atoms with Gasteiger partial charge in [-0.15, -0.1) is 0 Å². The molecule has 0 spiro atoms. The number of hydrogen-bond donors (Lipinski definition) is 1. The number of hydrogen-bond acceptors (Lipinski definition) is 7. The van der Waals surface area contributed by atoms with Crippen molar-refractivity contribution in [2.24, 2.45) is 0 Å². The molecule has 252 valence electrons. The average molecular weight is 674 g/mol. The second-order valence-electron chi connectivity index (χ2n) is 12.0. The topological polar surface area (TPSA) is 93.3 Å². The first-order valence-corrected chi connectivity index (χ1v) is 18.6. The SMILES string of the molecule is CCN(CCN(C)C)c1cc(NCCc2cccc(C(F)(F)F)c2)c(S(=O)(=O)N2CCCCC2)cc1S(=O)(=O)N1CCCCC1. The standard InChI is InChI=1S/C31H46F3N5O4S2/c1-4-37(21-20-36(2)3)28-23-27(35-15-14-25-12-11-13-26(22-25)31(32,33)34)29(44(40,41)38-16-7-5-8-17-38)24-30(28)45(42,43)39-18-9-6-10-19-39/h11-13,22-24,35H,4-10,14-21H2,1-3H3. The van der Waals surface area contributed by atoms with E-state index in [9.17, 15) is 30.0 Å². The fourth-order valence-corrected chi connectivity index (χ4v) is 9.36. The molecule has 0 radical (unpaired) electrons. The van der Waals surface area contributed by atoms with Gasteiger partial charge in [0.25, 0.3) is 0 Å². The predicted molar refractivity (Wildman–Crippen MR) is 172 cm³/mol. The van der Waals surface area contributed by atoms with E-state index >= 15 is 0 Å². The average Bonchev–Trinajstić information content (AvgIpc) is 3.01. The minimum absolute atomic E-state index is 0.0379. The molecular weight excluding hydrogens is 628 g/mol. The molecule has 2 fully saturated rings. The van der Waals surface area contributed by atoms with Crippen molar-refractivity contribution < 1.29 is 30.0 Å². The summed E-state index contributed by atoms with van der Waals surface area (Å²) in [5, 5.41) is 3.18. The van der Waals surface area contributed by atoms with Crippen LogP contribution in [0, 0.1) is 0 Å². The van der Waals surface area contributed by atoms with Gasteiger partial charge in [-0.25, -0.2) is 16.8 Å². The van der Waals surface area contributed by atoms with Gasteiger partial charge >= 0.3 is 6.18 Å². The summed E-state index contributed by atoms with van der Waals surface area (Å²) in [6, 6.07) is 7.98. The number of benzene rings is 2. The number of alkyl halides is 3. The molecule has 2 aromatic carbocycles. The van der Waals surface area contributed by atoms with Crippen LogP contribution in [-0.4, -0.2) is 96.8 Å². The highest BCUT2D eigenvalue weighted by Crippen LogP contribution is 2.38. The van der Waals surface area contributed by atoms with Crippen LogP contribution in [0.4, 0.5) is 24.5 Å². The lowest BCUT2D eigenvalue weighted by atomic mass is 10.1. The fourth-order valence-electron chi connectivity index (χ4n) is 5.86. The van der Waals surface area contributed by atoms with Crippen molar-refractivity contribution in [1.29, 1.82) is 0 Å². The Morgan fingerprint density at radius 1 is 0.800 bits per heavy atom. The smallest absolute Gasteiger partial charge is 0.384 e. The van der Waals surface area contributed by atoms with Crippen molar-refractivity contribution >= 4 is 31.4 Å². The number of sulfonamides is 2. The molecule has 2 heterocycles. The molecule has 0 aromatic heterocycles. The highest BCUT2D eigenvalue weighted by atomic mass is 32.2. The summed E-state index contributed by atoms with van der Waals surface area (Å²) in [7, 11) is -4.28. The first kappa shape index (κ1) is 35.5. The number of halogens is 3. The third-order valence-corrected chi connectivity index (χ3v) is 12.3. The molecule has 0 unspecified atom stereocenters. The van der Waals surface area contributed by atoms with Crippen LogP contribution in [-0.2, 0) is 32.6 Å². The molecule has 4 rings (SSSR count). The minimum atomic E-state index is -4.47. The van der Waals surface area contributed by atoms with Crippen LogP contribution in [0.15, 0.2) is 46.2 Å². The third-order valence-electron chi connectivity index (χ3n) is 8.45. The van der Waals surface area contributed by atoms with Crippen LogP contribution in [0.5, 0.6) is 0 Å². The summed E-state index contributed by atoms with van der Waals surface area (Å²) in [6.07, 6.45) is 0.479. The monoisotopic (exact) mass is 673 g/mol. The number of nitrogens with one attached hydrogen (secondary N) is 1. The number of anilines is 2. The summed E-state index contributed by atoms with van der Waals surface area (Å²) >= 11 is 0. The third kappa shape index (κ3) is 8.70. The van der Waals surface area contributed by atoms with Crippen LogP contribution < -0.4 is 10.2 Å². The van der Waals surface area contributed by atoms with Gasteiger partial charge in [-0.3, -0.25) is 0 Å². The molecule has 45 heavy (non-hydrogen) atoms. The lowest BCUT2D eigenvalue weighted by Gasteiger charge is -2.32. The summed E-state index contributed by atoms with van der Waals surface area (Å²) in [5.74, 6) is 0. The first-order valence-electron chi connectivity index (χ1n) is 15.7. The van der Waals surface area contributed by atoms with Crippen LogP contribution in [0.2, 0.25) is 0 Å². The summed E-state index contributed by atoms with van der Waals surface area (Å²) in [4.78, 5) is 3.76. The van der Waals surface area contributed by atoms with Crippen molar-refractivity contribution in [3.8, 4) is 0 Å². The van der Waals surface area contributed by atoms with Gasteiger partial charge in [0, 0.05) is 52.4 Å². The lowest BCUT2D eigenvalue weighted by molar-refractivity contribution is -0.137. The Morgan fingerprint density at radius 3 is 1.91 bits per heavy atom. The van der Waals surface area contributed by atoms with E-state index in [0.29, 0.717) is 69.9 Å². The first-order chi connectivity index (χ1) is 21.2. The number of likely N-dealkylation sites (N-methyl/N-ethyl adjacent to an activating group) is 2. The molecule has 0 amide bonds. The Morgan fingerprint density at radius 2 is 1.38 bits per heavy atom. The zero-order valence-electron chi connectivity index (χ0n) is 26.4. The molecule has 0 atom stereocenters. The van der Waals surface area contributed by atoms with Gasteiger partial charge in [0.1, 0.15) is 9.79 Å². The summed E-state index contributed by atoms with van der Waals surface area (Å²) in [6.45, 7) is 5.12. The number of rotatable bonds is 13. The molecule has 2 aliphatic heterocycles. The van der Waals surface area contributed by atoms with Gasteiger partial charge in [0.05, 0.1) is 16.9 Å². The molecule has 0 bridgehead atoms. The van der Waals surface area contributed by atoms with Gasteiger partial charge < -0.3 is 15.1 Å². The van der Waals surface area contributed by atoms with E-state index in [2.05, 4.69) is 5.32 Å². The highest BCUT2D eigenvalue weighted by Gasteiger charge is 2.35. The minimum Gasteiger partial charge on any atom is -0.384 e. The molecular formula is C31H46F3N5O4S2. The van der Waals surface area contributed by atoms with E-state index < -0.39 is 31.8 Å². The maximum absolute atomic E-state index is 14.2. The highest BCUT2D eigenvalue weighted by molar-refractivity contribution is 7.90. The number of nitrogens with zero attached hydrogens (tertiary/aromatic N) is 4. The van der Waals surface area contributed by atoms with Crippen molar-refractivity contribution in [2.75, 3.05) is 76.7 Å². The Kier molecular flexibility index (Phi) is 11.8. The van der Waals surface area contributed by atoms with Crippen molar-refractivity contribution in [3.63, 3.8) is 0 Å². The molecule has 2 saturated heterocycles. The van der Waals surface area contributed by atoms with Gasteiger partial charge in [0.15, 0.2) is 0 Å². The molecule has 0 aliphatic carbocycles. The molecule has 0 saturated carbocycles. The van der Waals surface area contributed by atoms with E-state index in [-0.39, 0.29) is 28.4 Å². The Labute approximate surface area is 266 Å². The Balaban J connectivity index is 1.81. The molecule has 2 aromatic rings. The molecule has 9 nitrogen and oxygen atoms in total. The predicted octanol–water partition coefficient (Wildman–Crippen LogP) is 5.10. The van der Waals surface area contributed by atoms with Gasteiger partial charge in [0.2, 0.25) is 20.0 Å². The fraction of sp³-hybridized carbons (Fsp3) is 0.613. The zero-order chi connectivity index (χ0) is 32.8. The Hall–Kier alpha value is -2.39. The van der Waals surface area contributed by atoms with E-state index in [4.69, 9.17) is 0 Å². The molecule has 2 aliphatic rings. The lowest BCUT2D eigenvalue weighted by Crippen LogP contribution is -2.39. The van der Waals surface area contributed by atoms with E-state index in [1.807, 2.05) is 30.8 Å². The number of piperidine rings is 2. The van der Waals surface area contributed by atoms with E-state index in [1.165, 1.54) is 20.7 Å². The van der Waals surface area contributed by atoms with Crippen LogP contribution >= 0.6 is 0 Å². The Bertz CT molecular complexity index is 1510. The summed E-state index contributed by atoms with van der Waals surface area (Å²) in [5.41, 5.74) is 0.346. The van der Waals surface area contributed by atoms with Crippen molar-refractivity contribution in [2.45, 2.75) is 67.8 Å². The van der Waals surface area contributed by atoms with E-state index in [1.54, 1.807) is 12.1 Å². The normalized spacial score (nSPS) is 17.5. The molecule has 14 heteroatoms. The largest absolute Gasteiger partial charge is 0.416 e. The van der Waals surface area contributed by atoms with Crippen LogP contribution in [0.25, 0.3) is 0 Å². The van der Waals surface area contributed by atoms with E-state index in [0.717, 1.165) is 37.8 Å². The van der Waals surface area contributed by atoms with Gasteiger partial charge in [-0.2, -0.15) is 21.8 Å². The van der Waals surface area contributed by atoms with Crippen molar-refractivity contribution in [3.05, 3.63) is 47.5 Å². The van der Waals surface area contributed by atoms with Crippen LogP contribution in [0.1, 0.15) is 56.6 Å².